The molecule has 174 valence electrons. The van der Waals surface area contributed by atoms with E-state index in [1.165, 1.54) is 5.39 Å². The third-order valence-electron chi connectivity index (χ3n) is 3.76. The molecule has 0 radical (unpaired) electrons. The summed E-state index contributed by atoms with van der Waals surface area (Å²) in [6.07, 6.45) is 3.69. The van der Waals surface area contributed by atoms with Crippen LogP contribution >= 0.6 is 0 Å². The van der Waals surface area contributed by atoms with E-state index in [2.05, 4.69) is 44.1 Å². The molecule has 0 fully saturated rings. The van der Waals surface area contributed by atoms with E-state index < -0.39 is 0 Å². The summed E-state index contributed by atoms with van der Waals surface area (Å²) in [5.74, 6) is 0. The Hall–Kier alpha value is -3.02. The maximum atomic E-state index is 4.16. The monoisotopic (exact) mass is 428 g/mol. The molecule has 4 rings (SSSR count). The Kier molecular flexibility index (Phi) is 18.5. The molecule has 2 heterocycles. The lowest BCUT2D eigenvalue weighted by atomic mass is 10.2. The van der Waals surface area contributed by atoms with E-state index in [1.807, 2.05) is 112 Å². The van der Waals surface area contributed by atoms with Crippen LogP contribution in [0.15, 0.2) is 48.8 Å². The summed E-state index contributed by atoms with van der Waals surface area (Å²) in [5, 5.41) is 19.4. The van der Waals surface area contributed by atoms with Gasteiger partial charge in [0.2, 0.25) is 0 Å². The van der Waals surface area contributed by atoms with Crippen molar-refractivity contribution >= 4 is 33.2 Å². The highest BCUT2D eigenvalue weighted by Crippen LogP contribution is 2.17. The van der Waals surface area contributed by atoms with E-state index in [4.69, 9.17) is 0 Å². The Morgan fingerprint density at radius 1 is 0.710 bits per heavy atom. The van der Waals surface area contributed by atoms with Crippen LogP contribution in [0, 0.1) is 0 Å². The van der Waals surface area contributed by atoms with Gasteiger partial charge in [0, 0.05) is 43.3 Å². The van der Waals surface area contributed by atoms with Gasteiger partial charge in [-0.2, -0.15) is 10.2 Å². The number of nitrogens with one attached hydrogen (secondary N) is 3. The van der Waals surface area contributed by atoms with Crippen LogP contribution in [-0.4, -0.2) is 34.1 Å². The molecular formula is C25H44N6. The lowest BCUT2D eigenvalue weighted by molar-refractivity contribution is 0.797. The van der Waals surface area contributed by atoms with Crippen molar-refractivity contribution in [1.82, 2.24) is 20.0 Å². The Labute approximate surface area is 189 Å². The van der Waals surface area contributed by atoms with Crippen molar-refractivity contribution in [3.8, 4) is 0 Å². The number of aromatic nitrogens is 4. The first-order chi connectivity index (χ1) is 15.2. The number of fused-ring (bicyclic) bond motifs is 2. The normalized spacial score (nSPS) is 8.48. The maximum absolute atomic E-state index is 4.16. The molecule has 0 saturated carbocycles. The number of hydrogen-bond donors (Lipinski definition) is 3. The molecule has 0 saturated heterocycles. The van der Waals surface area contributed by atoms with Gasteiger partial charge in [0.25, 0.3) is 0 Å². The molecule has 31 heavy (non-hydrogen) atoms. The van der Waals surface area contributed by atoms with E-state index in [0.29, 0.717) is 0 Å². The van der Waals surface area contributed by atoms with Gasteiger partial charge in [-0.25, -0.2) is 0 Å². The molecule has 2 aromatic heterocycles. The van der Waals surface area contributed by atoms with Gasteiger partial charge >= 0.3 is 0 Å². The van der Waals surface area contributed by atoms with Crippen molar-refractivity contribution in [3.05, 3.63) is 48.8 Å². The van der Waals surface area contributed by atoms with Crippen LogP contribution < -0.4 is 10.6 Å². The van der Waals surface area contributed by atoms with Crippen molar-refractivity contribution in [2.75, 3.05) is 24.7 Å². The minimum atomic E-state index is 1.07. The van der Waals surface area contributed by atoms with Crippen molar-refractivity contribution < 1.29 is 0 Å². The second-order valence-electron chi connectivity index (χ2n) is 5.21. The molecule has 0 aliphatic rings. The van der Waals surface area contributed by atoms with Gasteiger partial charge in [0.15, 0.2) is 0 Å². The molecule has 6 heteroatoms. The van der Waals surface area contributed by atoms with Crippen LogP contribution in [0.1, 0.15) is 55.4 Å². The highest BCUT2D eigenvalue weighted by atomic mass is 15.2. The molecule has 6 nitrogen and oxygen atoms in total. The molecule has 0 aliphatic heterocycles. The Balaban J connectivity index is 0. The standard InChI is InChI=1S/C9H11N3.C8H9N3.4C2H6/c1-10-8-3-4-9-7(5-8)6-11-12(9)2;1-9-7-2-3-8-6(4-7)5-10-11-8;4*1-2/h3-6,10H,1-2H3;2-5,9H,1H3,(H,10,11);4*1-2H3. The summed E-state index contributed by atoms with van der Waals surface area (Å²) in [7, 11) is 5.76. The van der Waals surface area contributed by atoms with Gasteiger partial charge in [0.1, 0.15) is 0 Å². The maximum Gasteiger partial charge on any atom is 0.0680 e. The zero-order chi connectivity index (χ0) is 24.2. The minimum Gasteiger partial charge on any atom is -0.388 e. The SMILES string of the molecule is CC.CC.CC.CC.CNc1ccc2[nH]ncc2c1.CNc1ccc2c(cnn2C)c1. The largest absolute Gasteiger partial charge is 0.388 e. The van der Waals surface area contributed by atoms with Crippen LogP contribution in [0.3, 0.4) is 0 Å². The lowest BCUT2D eigenvalue weighted by Crippen LogP contribution is -1.89. The summed E-state index contributed by atoms with van der Waals surface area (Å²) in [6.45, 7) is 16.0. The average Bonchev–Trinajstić information content (AvgIpc) is 3.50. The second-order valence-corrected chi connectivity index (χ2v) is 5.21. The van der Waals surface area contributed by atoms with E-state index in [0.717, 1.165) is 27.8 Å². The summed E-state index contributed by atoms with van der Waals surface area (Å²) < 4.78 is 1.87. The van der Waals surface area contributed by atoms with E-state index in [-0.39, 0.29) is 0 Å². The highest BCUT2D eigenvalue weighted by molar-refractivity contribution is 5.82. The molecule has 4 aromatic rings. The fraction of sp³-hybridized carbons (Fsp3) is 0.440. The summed E-state index contributed by atoms with van der Waals surface area (Å²) in [6, 6.07) is 12.3. The Morgan fingerprint density at radius 3 is 1.77 bits per heavy atom. The van der Waals surface area contributed by atoms with E-state index >= 15 is 0 Å². The molecule has 0 atom stereocenters. The van der Waals surface area contributed by atoms with Gasteiger partial charge in [-0.05, 0) is 36.4 Å². The molecule has 2 aromatic carbocycles. The number of H-pyrrole nitrogens is 1. The van der Waals surface area contributed by atoms with Gasteiger partial charge in [-0.15, -0.1) is 0 Å². The van der Waals surface area contributed by atoms with Crippen LogP contribution in [0.5, 0.6) is 0 Å². The molecular weight excluding hydrogens is 384 g/mol. The summed E-state index contributed by atoms with van der Waals surface area (Å²) in [5.41, 5.74) is 4.47. The van der Waals surface area contributed by atoms with Gasteiger partial charge in [-0.3, -0.25) is 9.78 Å². The predicted octanol–water partition coefficient (Wildman–Crippen LogP) is 7.32. The third kappa shape index (κ3) is 9.55. The summed E-state index contributed by atoms with van der Waals surface area (Å²) >= 11 is 0. The fourth-order valence-corrected chi connectivity index (χ4v) is 2.42. The summed E-state index contributed by atoms with van der Waals surface area (Å²) in [4.78, 5) is 0. The van der Waals surface area contributed by atoms with Gasteiger partial charge in [0.05, 0.1) is 23.4 Å². The topological polar surface area (TPSA) is 70.6 Å². The molecule has 0 amide bonds. The second kappa shape index (κ2) is 19.0. The smallest absolute Gasteiger partial charge is 0.0680 e. The van der Waals surface area contributed by atoms with Crippen molar-refractivity contribution in [2.24, 2.45) is 7.05 Å². The number of aryl methyl sites for hydroxylation is 1. The van der Waals surface area contributed by atoms with Crippen LogP contribution in [0.2, 0.25) is 0 Å². The average molecular weight is 429 g/mol. The fourth-order valence-electron chi connectivity index (χ4n) is 2.42. The number of benzene rings is 2. The number of nitrogens with zero attached hydrogens (tertiary/aromatic N) is 3. The zero-order valence-electron chi connectivity index (χ0n) is 21.5. The molecule has 3 N–H and O–H groups in total. The highest BCUT2D eigenvalue weighted by Gasteiger charge is 1.98. The molecule has 0 unspecified atom stereocenters. The number of aromatic amines is 1. The van der Waals surface area contributed by atoms with Crippen molar-refractivity contribution in [2.45, 2.75) is 55.4 Å². The number of anilines is 2. The van der Waals surface area contributed by atoms with Crippen molar-refractivity contribution in [1.29, 1.82) is 0 Å². The van der Waals surface area contributed by atoms with Gasteiger partial charge < -0.3 is 10.6 Å². The Morgan fingerprint density at radius 2 is 1.23 bits per heavy atom. The molecule has 0 spiro atoms. The lowest BCUT2D eigenvalue weighted by Gasteiger charge is -1.99. The quantitative estimate of drug-likeness (QED) is 0.313. The van der Waals surface area contributed by atoms with Gasteiger partial charge in [-0.1, -0.05) is 55.4 Å². The minimum absolute atomic E-state index is 1.07. The van der Waals surface area contributed by atoms with Crippen LogP contribution in [0.4, 0.5) is 11.4 Å². The molecule has 0 bridgehead atoms. The zero-order valence-corrected chi connectivity index (χ0v) is 21.5. The number of hydrogen-bond acceptors (Lipinski definition) is 4. The first kappa shape index (κ1) is 30.2. The Bertz CT molecular complexity index is 924. The van der Waals surface area contributed by atoms with E-state index in [9.17, 15) is 0 Å². The van der Waals surface area contributed by atoms with Crippen LogP contribution in [0.25, 0.3) is 21.8 Å². The van der Waals surface area contributed by atoms with E-state index in [1.54, 1.807) is 0 Å². The van der Waals surface area contributed by atoms with Crippen LogP contribution in [-0.2, 0) is 7.05 Å². The molecule has 0 aliphatic carbocycles. The number of rotatable bonds is 2. The first-order valence-corrected chi connectivity index (χ1v) is 11.4. The first-order valence-electron chi connectivity index (χ1n) is 11.4. The predicted molar refractivity (Wildman–Crippen MR) is 141 cm³/mol. The van der Waals surface area contributed by atoms with Crippen molar-refractivity contribution in [3.63, 3.8) is 0 Å². The third-order valence-corrected chi connectivity index (χ3v) is 3.76.